The second-order valence-corrected chi connectivity index (χ2v) is 7.65. The Labute approximate surface area is 158 Å². The molecule has 3 aromatic rings. The zero-order valence-corrected chi connectivity index (χ0v) is 16.0. The lowest BCUT2D eigenvalue weighted by molar-refractivity contribution is -0.121. The van der Waals surface area contributed by atoms with Crippen molar-refractivity contribution >= 4 is 34.5 Å². The standard InChI is InChI=1S/C17H18N4O3S2/c1-3-11-10(2)9-13(26-11)17(23)20-19-14(22)6-7-15-18-16(21-24-15)12-5-4-8-25-12/h4-5,8-9H,3,6-7H2,1-2H3,(H,19,22)(H,20,23). The van der Waals surface area contributed by atoms with Gasteiger partial charge >= 0.3 is 0 Å². The average Bonchev–Trinajstić information content (AvgIpc) is 3.37. The van der Waals surface area contributed by atoms with Gasteiger partial charge in [0.2, 0.25) is 17.6 Å². The van der Waals surface area contributed by atoms with Gasteiger partial charge in [0, 0.05) is 17.7 Å². The van der Waals surface area contributed by atoms with E-state index in [9.17, 15) is 9.59 Å². The highest BCUT2D eigenvalue weighted by molar-refractivity contribution is 7.14. The van der Waals surface area contributed by atoms with Gasteiger partial charge in [0.25, 0.3) is 5.91 Å². The molecule has 0 aliphatic rings. The molecule has 0 fully saturated rings. The van der Waals surface area contributed by atoms with E-state index in [-0.39, 0.29) is 18.2 Å². The molecule has 0 radical (unpaired) electrons. The molecular weight excluding hydrogens is 372 g/mol. The Morgan fingerprint density at radius 3 is 2.85 bits per heavy atom. The first-order valence-electron chi connectivity index (χ1n) is 8.11. The van der Waals surface area contributed by atoms with Crippen molar-refractivity contribution in [3.05, 3.63) is 44.8 Å². The molecule has 0 unspecified atom stereocenters. The smallest absolute Gasteiger partial charge is 0.279 e. The molecular formula is C17H18N4O3S2. The number of thiophene rings is 2. The maximum atomic E-state index is 12.1. The quantitative estimate of drug-likeness (QED) is 0.630. The van der Waals surface area contributed by atoms with Gasteiger partial charge in [0.05, 0.1) is 9.75 Å². The van der Waals surface area contributed by atoms with E-state index < -0.39 is 0 Å². The first kappa shape index (κ1) is 18.3. The van der Waals surface area contributed by atoms with Crippen molar-refractivity contribution < 1.29 is 14.1 Å². The topological polar surface area (TPSA) is 97.1 Å². The van der Waals surface area contributed by atoms with Crippen molar-refractivity contribution in [1.82, 2.24) is 21.0 Å². The fourth-order valence-corrected chi connectivity index (χ4v) is 3.97. The molecule has 0 aromatic carbocycles. The van der Waals surface area contributed by atoms with Crippen LogP contribution in [0.2, 0.25) is 0 Å². The SMILES string of the molecule is CCc1sc(C(=O)NNC(=O)CCc2nc(-c3cccs3)no2)cc1C. The summed E-state index contributed by atoms with van der Waals surface area (Å²) in [5.41, 5.74) is 5.94. The predicted octanol–water partition coefficient (Wildman–Crippen LogP) is 3.12. The Morgan fingerprint density at radius 1 is 1.31 bits per heavy atom. The van der Waals surface area contributed by atoms with Crippen LogP contribution >= 0.6 is 22.7 Å². The molecule has 3 aromatic heterocycles. The Balaban J connectivity index is 1.46. The van der Waals surface area contributed by atoms with E-state index in [2.05, 4.69) is 21.0 Å². The molecule has 0 saturated heterocycles. The van der Waals surface area contributed by atoms with Crippen molar-refractivity contribution in [3.63, 3.8) is 0 Å². The molecule has 0 saturated carbocycles. The zero-order chi connectivity index (χ0) is 18.5. The number of aryl methyl sites for hydroxylation is 3. The monoisotopic (exact) mass is 390 g/mol. The van der Waals surface area contributed by atoms with Crippen LogP contribution in [0, 0.1) is 6.92 Å². The zero-order valence-electron chi connectivity index (χ0n) is 14.4. The predicted molar refractivity (Wildman–Crippen MR) is 100.0 cm³/mol. The van der Waals surface area contributed by atoms with Crippen LogP contribution < -0.4 is 10.9 Å². The number of nitrogens with zero attached hydrogens (tertiary/aromatic N) is 2. The molecule has 2 N–H and O–H groups in total. The number of carbonyl (C=O) groups is 2. The van der Waals surface area contributed by atoms with Gasteiger partial charge in [-0.15, -0.1) is 22.7 Å². The van der Waals surface area contributed by atoms with Crippen molar-refractivity contribution in [1.29, 1.82) is 0 Å². The first-order valence-corrected chi connectivity index (χ1v) is 9.81. The van der Waals surface area contributed by atoms with E-state index in [0.29, 0.717) is 23.0 Å². The lowest BCUT2D eigenvalue weighted by Gasteiger charge is -2.05. The molecule has 0 atom stereocenters. The molecule has 3 rings (SSSR count). The van der Waals surface area contributed by atoms with Crippen molar-refractivity contribution in [2.75, 3.05) is 0 Å². The van der Waals surface area contributed by atoms with Gasteiger partial charge in [-0.25, -0.2) is 0 Å². The molecule has 136 valence electrons. The van der Waals surface area contributed by atoms with Crippen molar-refractivity contribution in [3.8, 4) is 10.7 Å². The first-order chi connectivity index (χ1) is 12.6. The van der Waals surface area contributed by atoms with Gasteiger partial charge in [-0.05, 0) is 36.4 Å². The fourth-order valence-electron chi connectivity index (χ4n) is 2.32. The van der Waals surface area contributed by atoms with Gasteiger partial charge in [-0.1, -0.05) is 18.1 Å². The summed E-state index contributed by atoms with van der Waals surface area (Å²) in [7, 11) is 0. The number of amides is 2. The van der Waals surface area contributed by atoms with E-state index in [1.54, 1.807) is 0 Å². The van der Waals surface area contributed by atoms with Gasteiger partial charge in [-0.2, -0.15) is 4.98 Å². The molecule has 0 aliphatic heterocycles. The number of nitrogens with one attached hydrogen (secondary N) is 2. The molecule has 7 nitrogen and oxygen atoms in total. The number of carbonyl (C=O) groups excluding carboxylic acids is 2. The number of hydrogen-bond acceptors (Lipinski definition) is 7. The van der Waals surface area contributed by atoms with Gasteiger partial charge in [-0.3, -0.25) is 20.4 Å². The molecule has 0 spiro atoms. The maximum Gasteiger partial charge on any atom is 0.279 e. The van der Waals surface area contributed by atoms with E-state index in [0.717, 1.165) is 16.9 Å². The second kappa shape index (κ2) is 8.24. The van der Waals surface area contributed by atoms with E-state index in [1.165, 1.54) is 27.6 Å². The van der Waals surface area contributed by atoms with Gasteiger partial charge in [0.15, 0.2) is 0 Å². The van der Waals surface area contributed by atoms with Crippen LogP contribution in [0.5, 0.6) is 0 Å². The minimum Gasteiger partial charge on any atom is -0.339 e. The molecule has 26 heavy (non-hydrogen) atoms. The maximum absolute atomic E-state index is 12.1. The highest BCUT2D eigenvalue weighted by Gasteiger charge is 2.14. The third-order valence-electron chi connectivity index (χ3n) is 3.66. The van der Waals surface area contributed by atoms with Crippen LogP contribution in [-0.2, 0) is 17.6 Å². The van der Waals surface area contributed by atoms with E-state index in [1.807, 2.05) is 37.4 Å². The highest BCUT2D eigenvalue weighted by atomic mass is 32.1. The Bertz CT molecular complexity index is 899. The Morgan fingerprint density at radius 2 is 2.15 bits per heavy atom. The number of rotatable bonds is 6. The lowest BCUT2D eigenvalue weighted by Crippen LogP contribution is -2.41. The number of hydrazine groups is 1. The minimum atomic E-state index is -0.321. The molecule has 0 bridgehead atoms. The third-order valence-corrected chi connectivity index (χ3v) is 5.90. The van der Waals surface area contributed by atoms with Crippen LogP contribution in [-0.4, -0.2) is 22.0 Å². The van der Waals surface area contributed by atoms with Crippen LogP contribution in [0.15, 0.2) is 28.1 Å². The Hall–Kier alpha value is -2.52. The third kappa shape index (κ3) is 4.36. The normalized spacial score (nSPS) is 10.7. The molecule has 9 heteroatoms. The second-order valence-electron chi connectivity index (χ2n) is 5.56. The number of aromatic nitrogens is 2. The minimum absolute atomic E-state index is 0.135. The summed E-state index contributed by atoms with van der Waals surface area (Å²) in [6, 6.07) is 5.64. The summed E-state index contributed by atoms with van der Waals surface area (Å²) in [5.74, 6) is 0.266. The van der Waals surface area contributed by atoms with Crippen LogP contribution in [0.3, 0.4) is 0 Å². The summed E-state index contributed by atoms with van der Waals surface area (Å²) in [4.78, 5) is 30.9. The van der Waals surface area contributed by atoms with Gasteiger partial charge < -0.3 is 4.52 Å². The fraction of sp³-hybridized carbons (Fsp3) is 0.294. The van der Waals surface area contributed by atoms with Crippen LogP contribution in [0.1, 0.15) is 39.3 Å². The molecule has 2 amide bonds. The van der Waals surface area contributed by atoms with E-state index in [4.69, 9.17) is 4.52 Å². The van der Waals surface area contributed by atoms with Crippen molar-refractivity contribution in [2.45, 2.75) is 33.1 Å². The summed E-state index contributed by atoms with van der Waals surface area (Å²) in [5, 5.41) is 5.82. The molecule has 0 aliphatic carbocycles. The van der Waals surface area contributed by atoms with Crippen molar-refractivity contribution in [2.24, 2.45) is 0 Å². The van der Waals surface area contributed by atoms with Gasteiger partial charge in [0.1, 0.15) is 0 Å². The lowest BCUT2D eigenvalue weighted by atomic mass is 10.2. The largest absolute Gasteiger partial charge is 0.339 e. The summed E-state index contributed by atoms with van der Waals surface area (Å²) < 4.78 is 5.14. The van der Waals surface area contributed by atoms with Crippen LogP contribution in [0.4, 0.5) is 0 Å². The summed E-state index contributed by atoms with van der Waals surface area (Å²) >= 11 is 2.95. The average molecular weight is 390 g/mol. The summed E-state index contributed by atoms with van der Waals surface area (Å²) in [6.45, 7) is 4.02. The molecule has 3 heterocycles. The summed E-state index contributed by atoms with van der Waals surface area (Å²) in [6.07, 6.45) is 1.32. The van der Waals surface area contributed by atoms with Crippen LogP contribution in [0.25, 0.3) is 10.7 Å². The number of hydrogen-bond donors (Lipinski definition) is 2. The Kier molecular flexibility index (Phi) is 5.79. The highest BCUT2D eigenvalue weighted by Crippen LogP contribution is 2.22. The van der Waals surface area contributed by atoms with E-state index >= 15 is 0 Å².